The standard InChI is InChI=1S/C14H11ClN8/c1-9-6-18-23(8-9)13-11(15)3-2-4-12(13)17-7-10(5-16)14-19-21-22-20-14/h2-4,6-8,17H,1H3,(H,19,20,21,22). The van der Waals surface area contributed by atoms with E-state index in [0.717, 1.165) is 5.56 Å². The Labute approximate surface area is 136 Å². The lowest BCUT2D eigenvalue weighted by atomic mass is 10.2. The Morgan fingerprint density at radius 1 is 1.48 bits per heavy atom. The van der Waals surface area contributed by atoms with E-state index in [1.807, 2.05) is 25.3 Å². The predicted molar refractivity (Wildman–Crippen MR) is 84.7 cm³/mol. The lowest BCUT2D eigenvalue weighted by molar-refractivity contribution is 0.881. The molecule has 23 heavy (non-hydrogen) atoms. The van der Waals surface area contributed by atoms with Gasteiger partial charge in [-0.15, -0.1) is 10.2 Å². The molecule has 2 heterocycles. The van der Waals surface area contributed by atoms with E-state index in [1.165, 1.54) is 6.20 Å². The highest BCUT2D eigenvalue weighted by Gasteiger charge is 2.11. The number of nitrogens with one attached hydrogen (secondary N) is 2. The monoisotopic (exact) mass is 326 g/mol. The molecule has 114 valence electrons. The van der Waals surface area contributed by atoms with Crippen LogP contribution in [0.4, 0.5) is 5.69 Å². The van der Waals surface area contributed by atoms with Gasteiger partial charge in [-0.2, -0.15) is 15.6 Å². The van der Waals surface area contributed by atoms with Gasteiger partial charge in [0.1, 0.15) is 17.3 Å². The van der Waals surface area contributed by atoms with Gasteiger partial charge in [0.15, 0.2) is 0 Å². The Morgan fingerprint density at radius 2 is 2.35 bits per heavy atom. The van der Waals surface area contributed by atoms with Gasteiger partial charge in [-0.05, 0) is 29.8 Å². The van der Waals surface area contributed by atoms with E-state index < -0.39 is 0 Å². The van der Waals surface area contributed by atoms with Crippen LogP contribution < -0.4 is 5.32 Å². The number of benzene rings is 1. The van der Waals surface area contributed by atoms with Crippen LogP contribution in [-0.2, 0) is 0 Å². The highest BCUT2D eigenvalue weighted by molar-refractivity contribution is 6.33. The fourth-order valence-electron chi connectivity index (χ4n) is 1.97. The summed E-state index contributed by atoms with van der Waals surface area (Å²) >= 11 is 6.30. The second kappa shape index (κ2) is 6.29. The number of hydrogen-bond donors (Lipinski definition) is 2. The fraction of sp³-hybridized carbons (Fsp3) is 0.0714. The first-order valence-electron chi connectivity index (χ1n) is 6.60. The lowest BCUT2D eigenvalue weighted by Gasteiger charge is -2.11. The van der Waals surface area contributed by atoms with E-state index in [-0.39, 0.29) is 11.4 Å². The van der Waals surface area contributed by atoms with E-state index >= 15 is 0 Å². The summed E-state index contributed by atoms with van der Waals surface area (Å²) in [5.74, 6) is 0.207. The Bertz CT molecular complexity index is 888. The number of hydrogen-bond acceptors (Lipinski definition) is 6. The first-order chi connectivity index (χ1) is 11.2. The van der Waals surface area contributed by atoms with E-state index in [4.69, 9.17) is 11.6 Å². The average Bonchev–Trinajstić information content (AvgIpc) is 3.20. The number of anilines is 1. The van der Waals surface area contributed by atoms with Crippen molar-refractivity contribution in [3.8, 4) is 11.8 Å². The molecule has 0 radical (unpaired) electrons. The van der Waals surface area contributed by atoms with Gasteiger partial charge in [0, 0.05) is 12.4 Å². The minimum absolute atomic E-state index is 0.207. The highest BCUT2D eigenvalue weighted by atomic mass is 35.5. The van der Waals surface area contributed by atoms with E-state index in [1.54, 1.807) is 23.0 Å². The van der Waals surface area contributed by atoms with Crippen LogP contribution in [0.15, 0.2) is 36.8 Å². The maximum absolute atomic E-state index is 9.20. The fourth-order valence-corrected chi connectivity index (χ4v) is 2.23. The zero-order valence-electron chi connectivity index (χ0n) is 12.0. The molecule has 0 fully saturated rings. The van der Waals surface area contributed by atoms with Gasteiger partial charge in [0.25, 0.3) is 0 Å². The third kappa shape index (κ3) is 3.04. The Hall–Kier alpha value is -3.18. The predicted octanol–water partition coefficient (Wildman–Crippen LogP) is 2.32. The number of nitrogens with zero attached hydrogens (tertiary/aromatic N) is 6. The Morgan fingerprint density at radius 3 is 3.00 bits per heavy atom. The van der Waals surface area contributed by atoms with Crippen LogP contribution >= 0.6 is 11.6 Å². The maximum Gasteiger partial charge on any atom is 0.216 e. The third-order valence-corrected chi connectivity index (χ3v) is 3.31. The van der Waals surface area contributed by atoms with Crippen LogP contribution in [0.1, 0.15) is 11.4 Å². The van der Waals surface area contributed by atoms with Crippen LogP contribution in [0.25, 0.3) is 11.3 Å². The van der Waals surface area contributed by atoms with Crippen LogP contribution in [0.3, 0.4) is 0 Å². The molecular weight excluding hydrogens is 316 g/mol. The lowest BCUT2D eigenvalue weighted by Crippen LogP contribution is -2.02. The molecule has 1 aromatic carbocycles. The van der Waals surface area contributed by atoms with E-state index in [0.29, 0.717) is 16.4 Å². The molecule has 2 aromatic heterocycles. The molecule has 8 nitrogen and oxygen atoms in total. The van der Waals surface area contributed by atoms with Gasteiger partial charge in [0.05, 0.1) is 16.9 Å². The van der Waals surface area contributed by atoms with Gasteiger partial charge in [0.2, 0.25) is 5.82 Å². The van der Waals surface area contributed by atoms with E-state index in [2.05, 4.69) is 31.0 Å². The number of aromatic nitrogens is 6. The summed E-state index contributed by atoms with van der Waals surface area (Å²) in [5, 5.41) is 30.4. The quantitative estimate of drug-likeness (QED) is 0.712. The molecule has 9 heteroatoms. The van der Waals surface area contributed by atoms with Gasteiger partial charge >= 0.3 is 0 Å². The number of tetrazole rings is 1. The zero-order valence-corrected chi connectivity index (χ0v) is 12.8. The number of aromatic amines is 1. The minimum Gasteiger partial charge on any atom is -0.359 e. The van der Waals surface area contributed by atoms with Gasteiger partial charge < -0.3 is 5.32 Å². The van der Waals surface area contributed by atoms with Crippen molar-refractivity contribution in [1.82, 2.24) is 30.4 Å². The topological polar surface area (TPSA) is 108 Å². The van der Waals surface area contributed by atoms with Crippen molar-refractivity contribution in [3.05, 3.63) is 53.2 Å². The van der Waals surface area contributed by atoms with Crippen molar-refractivity contribution in [2.45, 2.75) is 6.92 Å². The smallest absolute Gasteiger partial charge is 0.216 e. The number of para-hydroxylation sites is 1. The highest BCUT2D eigenvalue weighted by Crippen LogP contribution is 2.28. The molecule has 0 amide bonds. The first kappa shape index (κ1) is 14.7. The third-order valence-electron chi connectivity index (χ3n) is 3.01. The molecule has 0 saturated carbocycles. The van der Waals surface area contributed by atoms with Crippen LogP contribution in [0.5, 0.6) is 0 Å². The van der Waals surface area contributed by atoms with Crippen molar-refractivity contribution in [2.24, 2.45) is 0 Å². The van der Waals surface area contributed by atoms with Crippen molar-refractivity contribution in [1.29, 1.82) is 5.26 Å². The van der Waals surface area contributed by atoms with Crippen molar-refractivity contribution in [3.63, 3.8) is 0 Å². The maximum atomic E-state index is 9.20. The Kier molecular flexibility index (Phi) is 4.03. The molecule has 0 bridgehead atoms. The summed E-state index contributed by atoms with van der Waals surface area (Å²) in [6.45, 7) is 1.94. The van der Waals surface area contributed by atoms with Crippen LogP contribution in [0.2, 0.25) is 5.02 Å². The number of allylic oxidation sites excluding steroid dienone is 1. The van der Waals surface area contributed by atoms with Crippen molar-refractivity contribution < 1.29 is 0 Å². The van der Waals surface area contributed by atoms with E-state index in [9.17, 15) is 5.26 Å². The molecule has 0 aliphatic rings. The average molecular weight is 327 g/mol. The van der Waals surface area contributed by atoms with Crippen molar-refractivity contribution in [2.75, 3.05) is 5.32 Å². The first-order valence-corrected chi connectivity index (χ1v) is 6.97. The Balaban J connectivity index is 1.98. The molecular formula is C14H11ClN8. The molecule has 0 saturated heterocycles. The van der Waals surface area contributed by atoms with Gasteiger partial charge in [-0.25, -0.2) is 4.68 Å². The van der Waals surface area contributed by atoms with Crippen LogP contribution in [0, 0.1) is 18.3 Å². The summed E-state index contributed by atoms with van der Waals surface area (Å²) in [4.78, 5) is 0. The summed E-state index contributed by atoms with van der Waals surface area (Å²) in [7, 11) is 0. The zero-order chi connectivity index (χ0) is 16.2. The molecule has 2 N–H and O–H groups in total. The number of aryl methyl sites for hydroxylation is 1. The molecule has 0 aliphatic carbocycles. The molecule has 0 spiro atoms. The molecule has 0 unspecified atom stereocenters. The van der Waals surface area contributed by atoms with Crippen LogP contribution in [-0.4, -0.2) is 30.4 Å². The summed E-state index contributed by atoms with van der Waals surface area (Å²) < 4.78 is 1.67. The van der Waals surface area contributed by atoms with Crippen molar-refractivity contribution >= 4 is 22.9 Å². The normalized spacial score (nSPS) is 11.3. The number of H-pyrrole nitrogens is 1. The molecule has 3 aromatic rings. The second-order valence-electron chi connectivity index (χ2n) is 4.65. The van der Waals surface area contributed by atoms with Gasteiger partial charge in [-0.3, -0.25) is 0 Å². The number of halogens is 1. The number of rotatable bonds is 4. The number of nitriles is 1. The molecule has 3 rings (SSSR count). The SMILES string of the molecule is Cc1cnn(-c2c(Cl)cccc2NC=C(C#N)c2nn[nH]n2)c1. The second-order valence-corrected chi connectivity index (χ2v) is 5.06. The summed E-state index contributed by atoms with van der Waals surface area (Å²) in [6.07, 6.45) is 5.10. The minimum atomic E-state index is 0.207. The largest absolute Gasteiger partial charge is 0.359 e. The summed E-state index contributed by atoms with van der Waals surface area (Å²) in [6, 6.07) is 7.42. The molecule has 0 aliphatic heterocycles. The summed E-state index contributed by atoms with van der Waals surface area (Å²) in [5.41, 5.74) is 2.62. The molecule has 0 atom stereocenters. The van der Waals surface area contributed by atoms with Gasteiger partial charge in [-0.1, -0.05) is 17.7 Å².